The third kappa shape index (κ3) is 9.44. The normalized spacial score (nSPS) is 27.2. The Morgan fingerprint density at radius 2 is 1.38 bits per heavy atom. The zero-order valence-corrected chi connectivity index (χ0v) is 23.0. The first-order valence-electron chi connectivity index (χ1n) is 10.4. The largest absolute Gasteiger partial charge is 0.756 e. The highest BCUT2D eigenvalue weighted by molar-refractivity contribution is 7.68. The molecule has 0 bridgehead atoms. The van der Waals surface area contributed by atoms with Gasteiger partial charge in [0.05, 0.1) is 13.2 Å². The maximum atomic E-state index is 11.9. The van der Waals surface area contributed by atoms with Gasteiger partial charge in [-0.2, -0.15) is 0 Å². The second-order valence-corrected chi connectivity index (χ2v) is 13.7. The van der Waals surface area contributed by atoms with Gasteiger partial charge in [-0.1, -0.05) is 30.3 Å². The molecule has 1 aromatic heterocycles. The lowest BCUT2D eigenvalue weighted by Gasteiger charge is -2.36. The van der Waals surface area contributed by atoms with Crippen LogP contribution in [0.4, 0.5) is 0 Å². The first-order chi connectivity index (χ1) is 18.4. The number of hydrogen-bond acceptors (Lipinski definition) is 18. The minimum absolute atomic E-state index is 0.257. The van der Waals surface area contributed by atoms with Crippen molar-refractivity contribution in [1.29, 1.82) is 0 Å². The molecule has 1 aliphatic rings. The molecule has 0 amide bonds. The Labute approximate surface area is 222 Å². The number of ether oxygens (including phenoxy) is 1. The van der Waals surface area contributed by atoms with E-state index >= 15 is 0 Å². The summed E-state index contributed by atoms with van der Waals surface area (Å²) in [4.78, 5) is 72.1. The number of rotatable bonds is 13. The van der Waals surface area contributed by atoms with E-state index in [9.17, 15) is 57.6 Å². The molecule has 0 aliphatic carbocycles. The SMILES string of the molecule is O=c1ccn([C@@H]2O[C@H](COP(=O)([O-])OP(=O)([O-])OP(=O)([O-])OP(=O)([O-])OCc3ccccc3)[C@H](O)C2O)c(=O)[nH]1. The van der Waals surface area contributed by atoms with Crippen LogP contribution in [0.25, 0.3) is 0 Å². The van der Waals surface area contributed by atoms with E-state index in [0.717, 1.165) is 12.3 Å². The number of aliphatic hydroxyl groups excluding tert-OH is 2. The molecule has 2 aromatic rings. The zero-order valence-electron chi connectivity index (χ0n) is 19.4. The van der Waals surface area contributed by atoms with E-state index in [-0.39, 0.29) is 5.56 Å². The van der Waals surface area contributed by atoms with Crippen molar-refractivity contribution in [2.45, 2.75) is 31.1 Å². The number of H-pyrrole nitrogens is 1. The molecule has 1 saturated heterocycles. The van der Waals surface area contributed by atoms with Gasteiger partial charge in [0.25, 0.3) is 36.9 Å². The molecular formula is C16H18N2O18P4-4. The van der Waals surface area contributed by atoms with Gasteiger partial charge in [0.2, 0.25) is 0 Å². The summed E-state index contributed by atoms with van der Waals surface area (Å²) < 4.78 is 72.0. The van der Waals surface area contributed by atoms with Crippen molar-refractivity contribution in [2.75, 3.05) is 6.61 Å². The van der Waals surface area contributed by atoms with Gasteiger partial charge in [0.1, 0.15) is 18.3 Å². The molecular weight excluding hydrogens is 632 g/mol. The number of aromatic amines is 1. The Hall–Kier alpha value is -1.66. The molecule has 3 rings (SSSR count). The van der Waals surface area contributed by atoms with Crippen LogP contribution in [0.3, 0.4) is 0 Å². The van der Waals surface area contributed by atoms with Crippen molar-refractivity contribution < 1.29 is 74.8 Å². The van der Waals surface area contributed by atoms with Gasteiger partial charge in [0.15, 0.2) is 6.23 Å². The fraction of sp³-hybridized carbons (Fsp3) is 0.375. The minimum Gasteiger partial charge on any atom is -0.756 e. The summed E-state index contributed by atoms with van der Waals surface area (Å²) in [5, 5.41) is 20.2. The molecule has 1 aromatic carbocycles. The quantitative estimate of drug-likeness (QED) is 0.186. The number of aromatic nitrogens is 2. The van der Waals surface area contributed by atoms with Gasteiger partial charge in [-0.15, -0.1) is 0 Å². The Balaban J connectivity index is 1.57. The lowest BCUT2D eigenvalue weighted by Crippen LogP contribution is -2.37. The molecule has 40 heavy (non-hydrogen) atoms. The second-order valence-electron chi connectivity index (χ2n) is 7.65. The van der Waals surface area contributed by atoms with Crippen LogP contribution in [0, 0.1) is 0 Å². The van der Waals surface area contributed by atoms with E-state index in [4.69, 9.17) is 4.74 Å². The second kappa shape index (κ2) is 12.7. The summed E-state index contributed by atoms with van der Waals surface area (Å²) >= 11 is 0. The van der Waals surface area contributed by atoms with E-state index in [1.807, 2.05) is 4.98 Å². The molecule has 20 nitrogen and oxygen atoms in total. The maximum Gasteiger partial charge on any atom is 0.330 e. The van der Waals surface area contributed by atoms with Crippen molar-refractivity contribution in [3.63, 3.8) is 0 Å². The maximum absolute atomic E-state index is 11.9. The number of benzene rings is 1. The fourth-order valence-corrected chi connectivity index (χ4v) is 7.79. The molecule has 2 heterocycles. The number of nitrogens with one attached hydrogen (secondary N) is 1. The summed E-state index contributed by atoms with van der Waals surface area (Å²) in [6.45, 7) is -1.96. The van der Waals surface area contributed by atoms with E-state index in [2.05, 4.69) is 22.0 Å². The average Bonchev–Trinajstić information content (AvgIpc) is 3.08. The van der Waals surface area contributed by atoms with E-state index in [1.54, 1.807) is 6.07 Å². The Morgan fingerprint density at radius 1 is 0.825 bits per heavy atom. The predicted molar refractivity (Wildman–Crippen MR) is 118 cm³/mol. The summed E-state index contributed by atoms with van der Waals surface area (Å²) in [7, 11) is -24.6. The number of hydrogen-bond donors (Lipinski definition) is 3. The van der Waals surface area contributed by atoms with Crippen LogP contribution in [0.2, 0.25) is 0 Å². The van der Waals surface area contributed by atoms with Crippen LogP contribution in [-0.2, 0) is 51.6 Å². The summed E-state index contributed by atoms with van der Waals surface area (Å²) in [6, 6.07) is 8.26. The third-order valence-corrected chi connectivity index (χ3v) is 10.4. The molecule has 1 aliphatic heterocycles. The van der Waals surface area contributed by atoms with Gasteiger partial charge in [-0.3, -0.25) is 32.6 Å². The van der Waals surface area contributed by atoms with Crippen molar-refractivity contribution in [2.24, 2.45) is 0 Å². The topological polar surface area (TPSA) is 311 Å². The van der Waals surface area contributed by atoms with Gasteiger partial charge in [0, 0.05) is 12.3 Å². The lowest BCUT2D eigenvalue weighted by atomic mass is 10.1. The minimum atomic E-state index is -6.46. The molecule has 0 radical (unpaired) electrons. The van der Waals surface area contributed by atoms with Crippen LogP contribution in [-0.4, -0.2) is 44.7 Å². The summed E-state index contributed by atoms with van der Waals surface area (Å²) in [5.41, 5.74) is -1.61. The highest BCUT2D eigenvalue weighted by Crippen LogP contribution is 2.66. The fourth-order valence-electron chi connectivity index (χ4n) is 3.06. The monoisotopic (exact) mass is 650 g/mol. The van der Waals surface area contributed by atoms with Crippen molar-refractivity contribution in [1.82, 2.24) is 9.55 Å². The smallest absolute Gasteiger partial charge is 0.330 e. The van der Waals surface area contributed by atoms with Crippen LogP contribution in [0.1, 0.15) is 11.8 Å². The number of phosphoric ester groups is 2. The van der Waals surface area contributed by atoms with Crippen molar-refractivity contribution in [3.05, 3.63) is 69.0 Å². The molecule has 0 spiro atoms. The van der Waals surface area contributed by atoms with Crippen LogP contribution in [0.5, 0.6) is 0 Å². The highest BCUT2D eigenvalue weighted by Gasteiger charge is 2.44. The summed E-state index contributed by atoms with van der Waals surface area (Å²) in [5.74, 6) is 0. The number of phosphoric acid groups is 4. The molecule has 3 N–H and O–H groups in total. The first-order valence-corrected chi connectivity index (χ1v) is 16.3. The van der Waals surface area contributed by atoms with E-state index in [1.165, 1.54) is 24.3 Å². The molecule has 8 atom stereocenters. The van der Waals surface area contributed by atoms with Gasteiger partial charge in [-0.25, -0.2) is 17.7 Å². The highest BCUT2D eigenvalue weighted by atomic mass is 31.3. The average molecular weight is 650 g/mol. The molecule has 224 valence electrons. The molecule has 24 heteroatoms. The Bertz CT molecular complexity index is 1490. The zero-order chi connectivity index (χ0) is 29.9. The van der Waals surface area contributed by atoms with Gasteiger partial charge >= 0.3 is 5.69 Å². The van der Waals surface area contributed by atoms with Crippen LogP contribution < -0.4 is 30.8 Å². The predicted octanol–water partition coefficient (Wildman–Crippen LogP) is -2.69. The van der Waals surface area contributed by atoms with Crippen LogP contribution >= 0.6 is 31.3 Å². The summed E-state index contributed by atoms with van der Waals surface area (Å²) in [6.07, 6.45) is -6.28. The van der Waals surface area contributed by atoms with E-state index in [0.29, 0.717) is 4.57 Å². The van der Waals surface area contributed by atoms with Gasteiger partial charge < -0.3 is 43.6 Å². The number of nitrogens with zero attached hydrogens (tertiary/aromatic N) is 1. The Kier molecular flexibility index (Phi) is 10.4. The molecule has 0 saturated carbocycles. The number of aliphatic hydroxyl groups is 2. The molecule has 5 unspecified atom stereocenters. The van der Waals surface area contributed by atoms with Crippen LogP contribution in [0.15, 0.2) is 52.2 Å². The molecule has 1 fully saturated rings. The van der Waals surface area contributed by atoms with E-state index < -0.39 is 80.3 Å². The van der Waals surface area contributed by atoms with Crippen molar-refractivity contribution in [3.8, 4) is 0 Å². The van der Waals surface area contributed by atoms with Gasteiger partial charge in [-0.05, 0) is 5.56 Å². The van der Waals surface area contributed by atoms with Crippen molar-refractivity contribution >= 4 is 31.3 Å². The third-order valence-electron chi connectivity index (χ3n) is 4.69. The first kappa shape index (κ1) is 32.8. The Morgan fingerprint density at radius 3 is 1.95 bits per heavy atom. The standard InChI is InChI=1S/C16H22N2O18P4/c19-12-6-7-18(16(22)17-12)15-14(21)13(20)11(33-15)9-32-38(25,26)35-40(29,30)36-39(27,28)34-37(23,24)31-8-10-4-2-1-3-5-10/h1-7,11,13-15,20-21H,8-9H2,(H,23,24)(H,25,26)(H,27,28)(H,29,30)(H,17,19,22)/p-4/t11-,13+,14?,15-/m1/s1. The lowest BCUT2D eigenvalue weighted by molar-refractivity contribution is -0.254.